The fraction of sp³-hybridized carbons (Fsp3) is 0.474. The molecule has 5 rings (SSSR count). The summed E-state index contributed by atoms with van der Waals surface area (Å²) in [6.07, 6.45) is 1.62. The molecule has 2 aliphatic heterocycles. The third kappa shape index (κ3) is 3.05. The number of rotatable bonds is 5. The average molecular weight is 389 g/mol. The van der Waals surface area contributed by atoms with Crippen LogP contribution in [0.5, 0.6) is 5.88 Å². The van der Waals surface area contributed by atoms with Gasteiger partial charge in [0.05, 0.1) is 36.5 Å². The molecule has 0 unspecified atom stereocenters. The van der Waals surface area contributed by atoms with Crippen LogP contribution in [0.3, 0.4) is 0 Å². The third-order valence-electron chi connectivity index (χ3n) is 5.81. The molecule has 0 spiro atoms. The van der Waals surface area contributed by atoms with E-state index in [0.29, 0.717) is 37.1 Å². The Bertz CT molecular complexity index is 939. The first-order valence-corrected chi connectivity index (χ1v) is 9.03. The maximum Gasteiger partial charge on any atom is 0.405 e. The second-order valence-corrected chi connectivity index (χ2v) is 7.40. The molecule has 2 aromatic heterocycles. The van der Waals surface area contributed by atoms with Gasteiger partial charge in [-0.05, 0) is 31.7 Å². The lowest BCUT2D eigenvalue weighted by molar-refractivity contribution is -0.177. The Morgan fingerprint density at radius 1 is 1.32 bits per heavy atom. The number of methoxy groups -OCH3 is 1. The molecule has 1 amide bonds. The van der Waals surface area contributed by atoms with E-state index in [9.17, 15) is 14.0 Å². The molecule has 3 fully saturated rings. The molecule has 8 nitrogen and oxygen atoms in total. The molecule has 1 saturated carbocycles. The number of nitrogens with zero attached hydrogens (tertiary/aromatic N) is 2. The van der Waals surface area contributed by atoms with Gasteiger partial charge in [-0.3, -0.25) is 9.78 Å². The van der Waals surface area contributed by atoms with Gasteiger partial charge in [-0.2, -0.15) is 0 Å². The SMILES string of the molecule is COc1ccc2ncc(F)c(CC(=O)C34CCC(NC(=O)O)(CC3)CO4)c2n1. The van der Waals surface area contributed by atoms with E-state index >= 15 is 0 Å². The largest absolute Gasteiger partial charge is 0.481 e. The molecule has 3 aliphatic rings. The number of nitrogens with one attached hydrogen (secondary N) is 1. The maximum absolute atomic E-state index is 14.5. The van der Waals surface area contributed by atoms with Gasteiger partial charge in [0.2, 0.25) is 5.88 Å². The van der Waals surface area contributed by atoms with Crippen LogP contribution >= 0.6 is 0 Å². The molecule has 0 radical (unpaired) electrons. The first-order chi connectivity index (χ1) is 13.4. The molecule has 2 aromatic rings. The molecule has 1 aliphatic carbocycles. The van der Waals surface area contributed by atoms with Crippen LogP contribution in [0.15, 0.2) is 18.3 Å². The average Bonchev–Trinajstić information content (AvgIpc) is 2.70. The van der Waals surface area contributed by atoms with Crippen LogP contribution in [-0.4, -0.2) is 51.8 Å². The van der Waals surface area contributed by atoms with Gasteiger partial charge >= 0.3 is 6.09 Å². The van der Waals surface area contributed by atoms with Crippen LogP contribution in [0.25, 0.3) is 11.0 Å². The second-order valence-electron chi connectivity index (χ2n) is 7.40. The van der Waals surface area contributed by atoms with Crippen molar-refractivity contribution >= 4 is 22.9 Å². The second kappa shape index (κ2) is 6.66. The van der Waals surface area contributed by atoms with Gasteiger partial charge in [0.25, 0.3) is 0 Å². The van der Waals surface area contributed by atoms with Crippen LogP contribution in [0.4, 0.5) is 9.18 Å². The van der Waals surface area contributed by atoms with Crippen molar-refractivity contribution in [3.8, 4) is 5.88 Å². The summed E-state index contributed by atoms with van der Waals surface area (Å²) in [5.74, 6) is -0.526. The molecule has 2 N–H and O–H groups in total. The first-order valence-electron chi connectivity index (χ1n) is 9.03. The van der Waals surface area contributed by atoms with Gasteiger partial charge in [0.15, 0.2) is 5.78 Å². The normalized spacial score (nSPS) is 26.2. The van der Waals surface area contributed by atoms with E-state index < -0.39 is 23.1 Å². The van der Waals surface area contributed by atoms with Crippen molar-refractivity contribution in [3.05, 3.63) is 29.7 Å². The third-order valence-corrected chi connectivity index (χ3v) is 5.81. The van der Waals surface area contributed by atoms with Crippen LogP contribution < -0.4 is 10.1 Å². The van der Waals surface area contributed by atoms with Gasteiger partial charge in [-0.15, -0.1) is 0 Å². The molecular weight excluding hydrogens is 369 g/mol. The number of amides is 1. The smallest absolute Gasteiger partial charge is 0.405 e. The number of carbonyl (C=O) groups is 2. The highest BCUT2D eigenvalue weighted by molar-refractivity contribution is 5.93. The number of ether oxygens (including phenoxy) is 2. The molecule has 9 heteroatoms. The lowest BCUT2D eigenvalue weighted by atomic mass is 9.69. The number of carbonyl (C=O) groups excluding carboxylic acids is 1. The standard InChI is InChI=1S/C19H20FN3O5/c1-27-15-3-2-13-16(22-15)11(12(20)9-21-13)8-14(24)19-6-4-18(5-7-19,10-28-19)23-17(25)26/h2-3,9,23H,4-8,10H2,1H3,(H,25,26). The number of hydrogen-bond donors (Lipinski definition) is 2. The molecule has 0 aromatic carbocycles. The number of halogens is 1. The van der Waals surface area contributed by atoms with Crippen molar-refractivity contribution < 1.29 is 28.6 Å². The molecule has 2 saturated heterocycles. The Labute approximate surface area is 160 Å². The quantitative estimate of drug-likeness (QED) is 0.807. The summed E-state index contributed by atoms with van der Waals surface area (Å²) in [6, 6.07) is 3.29. The van der Waals surface area contributed by atoms with Gasteiger partial charge in [0.1, 0.15) is 11.4 Å². The number of carboxylic acid groups (broad SMARTS) is 1. The summed E-state index contributed by atoms with van der Waals surface area (Å²) >= 11 is 0. The van der Waals surface area contributed by atoms with E-state index in [1.807, 2.05) is 0 Å². The minimum Gasteiger partial charge on any atom is -0.481 e. The maximum atomic E-state index is 14.5. The molecule has 4 heterocycles. The number of Topliss-reactive ketones (excluding diaryl/α,β-unsaturated/α-hetero) is 1. The number of pyridine rings is 2. The fourth-order valence-corrected chi connectivity index (χ4v) is 4.13. The Morgan fingerprint density at radius 2 is 2.07 bits per heavy atom. The Balaban J connectivity index is 1.60. The molecule has 148 valence electrons. The Kier molecular flexibility index (Phi) is 4.41. The van der Waals surface area contributed by atoms with Crippen molar-refractivity contribution in [1.82, 2.24) is 15.3 Å². The van der Waals surface area contributed by atoms with E-state index in [1.165, 1.54) is 7.11 Å². The van der Waals surface area contributed by atoms with Crippen molar-refractivity contribution in [2.75, 3.05) is 13.7 Å². The summed E-state index contributed by atoms with van der Waals surface area (Å²) in [5.41, 5.74) is -0.726. The molecule has 28 heavy (non-hydrogen) atoms. The summed E-state index contributed by atoms with van der Waals surface area (Å²) in [7, 11) is 1.46. The summed E-state index contributed by atoms with van der Waals surface area (Å²) < 4.78 is 25.5. The van der Waals surface area contributed by atoms with Crippen molar-refractivity contribution in [2.24, 2.45) is 0 Å². The van der Waals surface area contributed by atoms with Crippen LogP contribution in [0.2, 0.25) is 0 Å². The van der Waals surface area contributed by atoms with E-state index in [1.54, 1.807) is 12.1 Å². The van der Waals surface area contributed by atoms with Gasteiger partial charge < -0.3 is 19.9 Å². The topological polar surface area (TPSA) is 111 Å². The molecular formula is C19H20FN3O5. The van der Waals surface area contributed by atoms with E-state index in [2.05, 4.69) is 15.3 Å². The highest BCUT2D eigenvalue weighted by Gasteiger charge is 2.54. The molecule has 2 bridgehead atoms. The van der Waals surface area contributed by atoms with Crippen LogP contribution in [0, 0.1) is 5.82 Å². The van der Waals surface area contributed by atoms with E-state index in [-0.39, 0.29) is 29.9 Å². The van der Waals surface area contributed by atoms with Gasteiger partial charge in [0, 0.05) is 18.1 Å². The summed E-state index contributed by atoms with van der Waals surface area (Å²) in [4.78, 5) is 32.4. The van der Waals surface area contributed by atoms with Gasteiger partial charge in [-0.1, -0.05) is 0 Å². The van der Waals surface area contributed by atoms with Gasteiger partial charge in [-0.25, -0.2) is 14.2 Å². The van der Waals surface area contributed by atoms with Crippen molar-refractivity contribution in [2.45, 2.75) is 43.2 Å². The van der Waals surface area contributed by atoms with Crippen molar-refractivity contribution in [3.63, 3.8) is 0 Å². The number of hydrogen-bond acceptors (Lipinski definition) is 6. The zero-order valence-corrected chi connectivity index (χ0v) is 15.3. The Morgan fingerprint density at radius 3 is 2.68 bits per heavy atom. The van der Waals surface area contributed by atoms with E-state index in [4.69, 9.17) is 14.6 Å². The minimum absolute atomic E-state index is 0.136. The zero-order valence-electron chi connectivity index (χ0n) is 15.3. The van der Waals surface area contributed by atoms with Crippen molar-refractivity contribution in [1.29, 1.82) is 0 Å². The first kappa shape index (κ1) is 18.5. The zero-order chi connectivity index (χ0) is 19.9. The summed E-state index contributed by atoms with van der Waals surface area (Å²) in [5, 5.41) is 11.5. The number of fused-ring (bicyclic) bond motifs is 4. The monoisotopic (exact) mass is 389 g/mol. The van der Waals surface area contributed by atoms with Crippen LogP contribution in [-0.2, 0) is 16.0 Å². The summed E-state index contributed by atoms with van der Waals surface area (Å²) in [6.45, 7) is 0.136. The molecule has 0 atom stereocenters. The minimum atomic E-state index is -1.10. The predicted molar refractivity (Wildman–Crippen MR) is 95.8 cm³/mol. The number of aromatic nitrogens is 2. The van der Waals surface area contributed by atoms with Crippen LogP contribution in [0.1, 0.15) is 31.2 Å². The lowest BCUT2D eigenvalue weighted by Crippen LogP contribution is -2.65. The highest BCUT2D eigenvalue weighted by Crippen LogP contribution is 2.44. The lowest BCUT2D eigenvalue weighted by Gasteiger charge is -2.52. The van der Waals surface area contributed by atoms with E-state index in [0.717, 1.165) is 6.20 Å². The highest BCUT2D eigenvalue weighted by atomic mass is 19.1. The predicted octanol–water partition coefficient (Wildman–Crippen LogP) is 2.24. The fourth-order valence-electron chi connectivity index (χ4n) is 4.13. The number of ketones is 1. The Hall–Kier alpha value is -2.81.